The molecule has 0 radical (unpaired) electrons. The van der Waals surface area contributed by atoms with Crippen LogP contribution >= 0.6 is 11.6 Å². The van der Waals surface area contributed by atoms with Gasteiger partial charge in [0, 0.05) is 43.1 Å². The Bertz CT molecular complexity index is 832. The summed E-state index contributed by atoms with van der Waals surface area (Å²) in [5.41, 5.74) is -0.0441. The molecule has 0 bridgehead atoms. The maximum atomic E-state index is 12.7. The molecular weight excluding hydrogens is 368 g/mol. The zero-order valence-corrected chi connectivity index (χ0v) is 16.5. The van der Waals surface area contributed by atoms with Crippen molar-refractivity contribution in [2.75, 3.05) is 19.6 Å². The summed E-state index contributed by atoms with van der Waals surface area (Å²) < 4.78 is 5.25. The highest BCUT2D eigenvalue weighted by molar-refractivity contribution is 6.30. The highest BCUT2D eigenvalue weighted by Gasteiger charge is 2.43. The second-order valence-corrected chi connectivity index (χ2v) is 7.44. The summed E-state index contributed by atoms with van der Waals surface area (Å²) in [5.74, 6) is 0.744. The molecule has 0 spiro atoms. The fourth-order valence-corrected chi connectivity index (χ4v) is 3.39. The SMILES string of the molecule is CCN1CCN(C(=O)CCc2nc(-c3ccc(Cl)cc3)no2)C(C)(C)C1=O. The lowest BCUT2D eigenvalue weighted by Gasteiger charge is -2.45. The standard InChI is InChI=1S/C19H23ClN4O3/c1-4-23-11-12-24(19(2,3)18(23)26)16(25)10-9-15-21-17(22-27-15)13-5-7-14(20)8-6-13/h5-8H,4,9-12H2,1-3H3. The van der Waals surface area contributed by atoms with Crippen LogP contribution in [0.3, 0.4) is 0 Å². The third-order valence-corrected chi connectivity index (χ3v) is 5.14. The highest BCUT2D eigenvalue weighted by atomic mass is 35.5. The first-order valence-corrected chi connectivity index (χ1v) is 9.39. The lowest BCUT2D eigenvalue weighted by molar-refractivity contribution is -0.158. The smallest absolute Gasteiger partial charge is 0.248 e. The van der Waals surface area contributed by atoms with E-state index in [4.69, 9.17) is 16.1 Å². The summed E-state index contributed by atoms with van der Waals surface area (Å²) in [6, 6.07) is 7.13. The molecule has 2 amide bonds. The minimum atomic E-state index is -0.839. The molecule has 2 aromatic rings. The van der Waals surface area contributed by atoms with Gasteiger partial charge in [-0.15, -0.1) is 0 Å². The monoisotopic (exact) mass is 390 g/mol. The van der Waals surface area contributed by atoms with Gasteiger partial charge < -0.3 is 14.3 Å². The van der Waals surface area contributed by atoms with Crippen LogP contribution < -0.4 is 0 Å². The number of likely N-dealkylation sites (N-methyl/N-ethyl adjacent to an activating group) is 1. The minimum absolute atomic E-state index is 0.0209. The fourth-order valence-electron chi connectivity index (χ4n) is 3.26. The fraction of sp³-hybridized carbons (Fsp3) is 0.474. The van der Waals surface area contributed by atoms with Gasteiger partial charge in [0.25, 0.3) is 0 Å². The average molecular weight is 391 g/mol. The van der Waals surface area contributed by atoms with E-state index in [0.717, 1.165) is 5.56 Å². The predicted molar refractivity (Wildman–Crippen MR) is 101 cm³/mol. The van der Waals surface area contributed by atoms with Gasteiger partial charge >= 0.3 is 0 Å². The van der Waals surface area contributed by atoms with Gasteiger partial charge in [-0.05, 0) is 45.0 Å². The minimum Gasteiger partial charge on any atom is -0.339 e. The van der Waals surface area contributed by atoms with Gasteiger partial charge in [-0.1, -0.05) is 16.8 Å². The van der Waals surface area contributed by atoms with Crippen LogP contribution in [-0.2, 0) is 16.0 Å². The molecule has 2 heterocycles. The third kappa shape index (κ3) is 3.98. The van der Waals surface area contributed by atoms with Crippen LogP contribution in [0, 0.1) is 0 Å². The third-order valence-electron chi connectivity index (χ3n) is 4.88. The number of piperazine rings is 1. The summed E-state index contributed by atoms with van der Waals surface area (Å²) in [6.07, 6.45) is 0.544. The van der Waals surface area contributed by atoms with Gasteiger partial charge in [0.2, 0.25) is 23.5 Å². The normalized spacial score (nSPS) is 16.7. The molecule has 3 rings (SSSR count). The van der Waals surface area contributed by atoms with Gasteiger partial charge in [0.1, 0.15) is 5.54 Å². The maximum Gasteiger partial charge on any atom is 0.248 e. The van der Waals surface area contributed by atoms with Gasteiger partial charge in [0.05, 0.1) is 0 Å². The number of benzene rings is 1. The Morgan fingerprint density at radius 3 is 2.63 bits per heavy atom. The molecule has 0 atom stereocenters. The van der Waals surface area contributed by atoms with E-state index < -0.39 is 5.54 Å². The maximum absolute atomic E-state index is 12.7. The Balaban J connectivity index is 1.63. The zero-order chi connectivity index (χ0) is 19.6. The van der Waals surface area contributed by atoms with Crippen molar-refractivity contribution >= 4 is 23.4 Å². The van der Waals surface area contributed by atoms with E-state index in [1.807, 2.05) is 19.1 Å². The van der Waals surface area contributed by atoms with Crippen LogP contribution in [-0.4, -0.2) is 56.9 Å². The van der Waals surface area contributed by atoms with Crippen molar-refractivity contribution in [1.29, 1.82) is 0 Å². The van der Waals surface area contributed by atoms with E-state index >= 15 is 0 Å². The number of aryl methyl sites for hydroxylation is 1. The number of carbonyl (C=O) groups excluding carboxylic acids is 2. The molecule has 7 nitrogen and oxygen atoms in total. The molecule has 1 aromatic heterocycles. The number of halogens is 1. The van der Waals surface area contributed by atoms with E-state index in [1.165, 1.54) is 0 Å². The molecule has 0 N–H and O–H groups in total. The summed E-state index contributed by atoms with van der Waals surface area (Å²) >= 11 is 5.88. The topological polar surface area (TPSA) is 79.5 Å². The van der Waals surface area contributed by atoms with Crippen molar-refractivity contribution in [1.82, 2.24) is 19.9 Å². The molecule has 144 valence electrons. The first-order chi connectivity index (χ1) is 12.8. The average Bonchev–Trinajstić information content (AvgIpc) is 3.11. The van der Waals surface area contributed by atoms with E-state index in [0.29, 0.717) is 42.8 Å². The summed E-state index contributed by atoms with van der Waals surface area (Å²) in [7, 11) is 0. The quantitative estimate of drug-likeness (QED) is 0.784. The molecule has 1 fully saturated rings. The van der Waals surface area contributed by atoms with Crippen molar-refractivity contribution in [2.45, 2.75) is 39.2 Å². The summed E-state index contributed by atoms with van der Waals surface area (Å²) in [5, 5.41) is 4.59. The van der Waals surface area contributed by atoms with Crippen LogP contribution in [0.5, 0.6) is 0 Å². The van der Waals surface area contributed by atoms with Gasteiger partial charge in [-0.25, -0.2) is 0 Å². The molecule has 0 aliphatic carbocycles. The second kappa shape index (κ2) is 7.68. The highest BCUT2D eigenvalue weighted by Crippen LogP contribution is 2.24. The number of nitrogens with zero attached hydrogens (tertiary/aromatic N) is 4. The first kappa shape index (κ1) is 19.4. The lowest BCUT2D eigenvalue weighted by atomic mass is 9.96. The van der Waals surface area contributed by atoms with Crippen LogP contribution in [0.15, 0.2) is 28.8 Å². The molecule has 0 unspecified atom stereocenters. The number of hydrogen-bond acceptors (Lipinski definition) is 5. The Kier molecular flexibility index (Phi) is 5.51. The molecule has 1 saturated heterocycles. The number of rotatable bonds is 5. The molecule has 1 aromatic carbocycles. The molecule has 27 heavy (non-hydrogen) atoms. The molecule has 0 saturated carbocycles. The zero-order valence-electron chi connectivity index (χ0n) is 15.7. The van der Waals surface area contributed by atoms with Crippen LogP contribution in [0.2, 0.25) is 5.02 Å². The Morgan fingerprint density at radius 2 is 1.96 bits per heavy atom. The largest absolute Gasteiger partial charge is 0.339 e. The molecular formula is C19H23ClN4O3. The van der Waals surface area contributed by atoms with Gasteiger partial charge in [-0.3, -0.25) is 9.59 Å². The summed E-state index contributed by atoms with van der Waals surface area (Å²) in [6.45, 7) is 7.27. The van der Waals surface area contributed by atoms with E-state index in [1.54, 1.807) is 35.8 Å². The van der Waals surface area contributed by atoms with Crippen molar-refractivity contribution in [3.05, 3.63) is 35.2 Å². The number of hydrogen-bond donors (Lipinski definition) is 0. The molecule has 1 aliphatic rings. The van der Waals surface area contributed by atoms with Crippen molar-refractivity contribution in [2.24, 2.45) is 0 Å². The van der Waals surface area contributed by atoms with E-state index in [-0.39, 0.29) is 18.2 Å². The van der Waals surface area contributed by atoms with Crippen LogP contribution in [0.4, 0.5) is 0 Å². The van der Waals surface area contributed by atoms with Crippen molar-refractivity contribution < 1.29 is 14.1 Å². The number of aromatic nitrogens is 2. The molecule has 1 aliphatic heterocycles. The molecule has 8 heteroatoms. The lowest BCUT2D eigenvalue weighted by Crippen LogP contribution is -2.64. The van der Waals surface area contributed by atoms with Crippen molar-refractivity contribution in [3.63, 3.8) is 0 Å². The Hall–Kier alpha value is -2.41. The number of carbonyl (C=O) groups is 2. The van der Waals surface area contributed by atoms with Crippen molar-refractivity contribution in [3.8, 4) is 11.4 Å². The second-order valence-electron chi connectivity index (χ2n) is 7.01. The van der Waals surface area contributed by atoms with Crippen LogP contribution in [0.25, 0.3) is 11.4 Å². The van der Waals surface area contributed by atoms with E-state index in [2.05, 4.69) is 10.1 Å². The van der Waals surface area contributed by atoms with E-state index in [9.17, 15) is 9.59 Å². The van der Waals surface area contributed by atoms with Gasteiger partial charge in [0.15, 0.2) is 0 Å². The predicted octanol–water partition coefficient (Wildman–Crippen LogP) is 2.79. The summed E-state index contributed by atoms with van der Waals surface area (Å²) in [4.78, 5) is 33.0. The van der Waals surface area contributed by atoms with Crippen LogP contribution in [0.1, 0.15) is 33.1 Å². The first-order valence-electron chi connectivity index (χ1n) is 9.01. The Morgan fingerprint density at radius 1 is 1.26 bits per heavy atom. The van der Waals surface area contributed by atoms with Gasteiger partial charge in [-0.2, -0.15) is 4.98 Å². The Labute approximate surface area is 163 Å². The number of amides is 2.